The molecule has 1 fully saturated rings. The van der Waals surface area contributed by atoms with E-state index < -0.39 is 0 Å². The second kappa shape index (κ2) is 9.37. The summed E-state index contributed by atoms with van der Waals surface area (Å²) in [6.07, 6.45) is 0. The first-order valence-electron chi connectivity index (χ1n) is 11.4. The highest BCUT2D eigenvalue weighted by atomic mass is 32.1. The molecule has 1 N–H and O–H groups in total. The molecule has 1 aliphatic rings. The zero-order chi connectivity index (χ0) is 23.7. The summed E-state index contributed by atoms with van der Waals surface area (Å²) in [5.74, 6) is 1.48. The number of anilines is 3. The first kappa shape index (κ1) is 22.3. The number of aryl methyl sites for hydroxylation is 1. The molecule has 5 rings (SSSR count). The summed E-state index contributed by atoms with van der Waals surface area (Å²) in [6.45, 7) is 9.08. The average molecular weight is 477 g/mol. The topological polar surface area (TPSA) is 85.9 Å². The molecule has 0 radical (unpaired) electrons. The monoisotopic (exact) mass is 476 g/mol. The van der Waals surface area contributed by atoms with Crippen LogP contribution >= 0.6 is 11.3 Å². The van der Waals surface area contributed by atoms with E-state index in [-0.39, 0.29) is 5.82 Å². The summed E-state index contributed by atoms with van der Waals surface area (Å²) in [7, 11) is 0. The van der Waals surface area contributed by atoms with Crippen molar-refractivity contribution in [2.24, 2.45) is 0 Å². The minimum atomic E-state index is -0.322. The number of halogens is 1. The highest BCUT2D eigenvalue weighted by molar-refractivity contribution is 7.16. The van der Waals surface area contributed by atoms with Crippen LogP contribution in [0.25, 0.3) is 22.3 Å². The van der Waals surface area contributed by atoms with E-state index in [1.807, 2.05) is 30.7 Å². The molecule has 174 valence electrons. The molecule has 0 unspecified atom stereocenters. The molecule has 8 nitrogen and oxygen atoms in total. The molecule has 0 spiro atoms. The molecule has 1 saturated heterocycles. The molecule has 0 amide bonds. The molecule has 34 heavy (non-hydrogen) atoms. The Morgan fingerprint density at radius 3 is 2.56 bits per heavy atom. The van der Waals surface area contributed by atoms with Gasteiger partial charge < -0.3 is 15.1 Å². The molecule has 0 bridgehead atoms. The van der Waals surface area contributed by atoms with Crippen molar-refractivity contribution in [2.45, 2.75) is 20.4 Å². The van der Waals surface area contributed by atoms with Gasteiger partial charge in [0.05, 0.1) is 0 Å². The number of rotatable bonds is 6. The Hall–Kier alpha value is -3.55. The Kier molecular flexibility index (Phi) is 6.13. The van der Waals surface area contributed by atoms with Crippen molar-refractivity contribution >= 4 is 39.1 Å². The van der Waals surface area contributed by atoms with Crippen LogP contribution in [-0.4, -0.2) is 52.5 Å². The predicted molar refractivity (Wildman–Crippen MR) is 133 cm³/mol. The van der Waals surface area contributed by atoms with Crippen molar-refractivity contribution in [3.63, 3.8) is 0 Å². The van der Waals surface area contributed by atoms with Gasteiger partial charge in [-0.05, 0) is 50.2 Å². The normalized spacial score (nSPS) is 13.9. The Balaban J connectivity index is 1.61. The van der Waals surface area contributed by atoms with E-state index in [1.54, 1.807) is 12.1 Å². The van der Waals surface area contributed by atoms with Crippen LogP contribution in [0.4, 0.5) is 21.2 Å². The van der Waals surface area contributed by atoms with E-state index in [1.165, 1.54) is 23.5 Å². The van der Waals surface area contributed by atoms with Crippen LogP contribution in [-0.2, 0) is 6.54 Å². The number of hydrogen-bond donors (Lipinski definition) is 1. The van der Waals surface area contributed by atoms with Crippen LogP contribution < -0.4 is 15.1 Å². The van der Waals surface area contributed by atoms with Crippen molar-refractivity contribution in [3.05, 3.63) is 47.1 Å². The maximum atomic E-state index is 13.4. The van der Waals surface area contributed by atoms with Crippen molar-refractivity contribution in [1.82, 2.24) is 25.1 Å². The quantitative estimate of drug-likeness (QED) is 0.447. The molecule has 1 aliphatic heterocycles. The lowest BCUT2D eigenvalue weighted by molar-refractivity contribution is 0.585. The summed E-state index contributed by atoms with van der Waals surface area (Å²) in [6, 6.07) is 12.4. The molecular formula is C24H25FN8S. The number of nitrogens with one attached hydrogen (secondary N) is 1. The van der Waals surface area contributed by atoms with Crippen molar-refractivity contribution < 1.29 is 4.39 Å². The second-order valence-electron chi connectivity index (χ2n) is 7.95. The smallest absolute Gasteiger partial charge is 0.192 e. The van der Waals surface area contributed by atoms with Gasteiger partial charge in [0.1, 0.15) is 39.3 Å². The van der Waals surface area contributed by atoms with Crippen LogP contribution in [0.3, 0.4) is 0 Å². The number of nitriles is 1. The van der Waals surface area contributed by atoms with Crippen LogP contribution in [0.5, 0.6) is 0 Å². The number of benzene rings is 1. The first-order chi connectivity index (χ1) is 16.6. The van der Waals surface area contributed by atoms with E-state index in [2.05, 4.69) is 21.2 Å². The average Bonchev–Trinajstić information content (AvgIpc) is 3.47. The highest BCUT2D eigenvalue weighted by Gasteiger charge is 2.25. The molecule has 0 atom stereocenters. The van der Waals surface area contributed by atoms with E-state index in [9.17, 15) is 9.65 Å². The fourth-order valence-electron chi connectivity index (χ4n) is 4.22. The Morgan fingerprint density at radius 2 is 1.88 bits per heavy atom. The summed E-state index contributed by atoms with van der Waals surface area (Å²) in [5, 5.41) is 18.6. The van der Waals surface area contributed by atoms with E-state index >= 15 is 0 Å². The third kappa shape index (κ3) is 3.97. The maximum absolute atomic E-state index is 13.4. The molecule has 4 aromatic rings. The molecule has 10 heteroatoms. The largest absolute Gasteiger partial charge is 0.354 e. The van der Waals surface area contributed by atoms with E-state index in [4.69, 9.17) is 15.1 Å². The zero-order valence-electron chi connectivity index (χ0n) is 19.1. The second-order valence-corrected chi connectivity index (χ2v) is 8.93. The van der Waals surface area contributed by atoms with Gasteiger partial charge in [0.15, 0.2) is 10.9 Å². The minimum absolute atomic E-state index is 0.322. The Bertz CT molecular complexity index is 1350. The number of hydrogen-bond acceptors (Lipinski definition) is 8. The number of pyridine rings is 1. The van der Waals surface area contributed by atoms with Gasteiger partial charge in [-0.2, -0.15) is 10.4 Å². The standard InChI is InChI=1S/C24H25FN8S/c1-3-32(24-29-21(19(15-26)34-24)16-5-7-17(25)8-6-16)23-22-18(30-33(23)4-2)9-10-20(28-22)31-13-11-27-12-14-31/h5-10,27H,3-4,11-14H2,1-2H3. The van der Waals surface area contributed by atoms with E-state index in [0.717, 1.165) is 48.8 Å². The zero-order valence-corrected chi connectivity index (χ0v) is 19.9. The maximum Gasteiger partial charge on any atom is 0.192 e. The van der Waals surface area contributed by atoms with Crippen LogP contribution in [0.15, 0.2) is 36.4 Å². The summed E-state index contributed by atoms with van der Waals surface area (Å²) in [4.78, 5) is 14.7. The SMILES string of the molecule is CCN(c1nc(-c2ccc(F)cc2)c(C#N)s1)c1c2nc(N3CCNCC3)ccc2nn1CC. The van der Waals surface area contributed by atoms with Gasteiger partial charge in [-0.1, -0.05) is 11.3 Å². The van der Waals surface area contributed by atoms with Crippen molar-refractivity contribution in [1.29, 1.82) is 5.26 Å². The molecular weight excluding hydrogens is 451 g/mol. The number of aromatic nitrogens is 4. The molecule has 0 aliphatic carbocycles. The molecule has 3 aromatic heterocycles. The highest BCUT2D eigenvalue weighted by Crippen LogP contribution is 2.38. The third-order valence-electron chi connectivity index (χ3n) is 5.92. The predicted octanol–water partition coefficient (Wildman–Crippen LogP) is 4.15. The fourth-order valence-corrected chi connectivity index (χ4v) is 5.17. The Morgan fingerprint density at radius 1 is 1.12 bits per heavy atom. The summed E-state index contributed by atoms with van der Waals surface area (Å²) >= 11 is 1.32. The van der Waals surface area contributed by atoms with Gasteiger partial charge in [0.2, 0.25) is 0 Å². The number of nitrogens with zero attached hydrogens (tertiary/aromatic N) is 7. The number of thiazole rings is 1. The molecule has 0 saturated carbocycles. The lowest BCUT2D eigenvalue weighted by Gasteiger charge is -2.28. The summed E-state index contributed by atoms with van der Waals surface area (Å²) in [5.41, 5.74) is 2.91. The van der Waals surface area contributed by atoms with Gasteiger partial charge in [0.25, 0.3) is 0 Å². The van der Waals surface area contributed by atoms with Gasteiger partial charge >= 0.3 is 0 Å². The van der Waals surface area contributed by atoms with Crippen LogP contribution in [0.1, 0.15) is 18.7 Å². The number of fused-ring (bicyclic) bond motifs is 1. The molecule has 4 heterocycles. The lowest BCUT2D eigenvalue weighted by Crippen LogP contribution is -2.43. The van der Waals surface area contributed by atoms with Crippen LogP contribution in [0.2, 0.25) is 0 Å². The number of piperazine rings is 1. The lowest BCUT2D eigenvalue weighted by atomic mass is 10.1. The van der Waals surface area contributed by atoms with Gasteiger partial charge in [0, 0.05) is 44.8 Å². The van der Waals surface area contributed by atoms with Crippen molar-refractivity contribution in [3.8, 4) is 17.3 Å². The van der Waals surface area contributed by atoms with Gasteiger partial charge in [-0.15, -0.1) is 0 Å². The summed E-state index contributed by atoms with van der Waals surface area (Å²) < 4.78 is 15.4. The van der Waals surface area contributed by atoms with Crippen LogP contribution in [0, 0.1) is 17.1 Å². The third-order valence-corrected chi connectivity index (χ3v) is 6.91. The fraction of sp³-hybridized carbons (Fsp3) is 0.333. The minimum Gasteiger partial charge on any atom is -0.354 e. The van der Waals surface area contributed by atoms with Gasteiger partial charge in [-0.25, -0.2) is 19.0 Å². The first-order valence-corrected chi connectivity index (χ1v) is 12.2. The molecule has 1 aromatic carbocycles. The Labute approximate surface area is 201 Å². The van der Waals surface area contributed by atoms with E-state index in [0.29, 0.717) is 34.4 Å². The van der Waals surface area contributed by atoms with Gasteiger partial charge in [-0.3, -0.25) is 0 Å². The van der Waals surface area contributed by atoms with Crippen molar-refractivity contribution in [2.75, 3.05) is 42.5 Å².